The Morgan fingerprint density at radius 3 is 2.62 bits per heavy atom. The summed E-state index contributed by atoms with van der Waals surface area (Å²) in [5, 5.41) is 7.66. The summed E-state index contributed by atoms with van der Waals surface area (Å²) in [6.45, 7) is 4.01. The van der Waals surface area contributed by atoms with E-state index in [0.717, 1.165) is 43.3 Å². The molecule has 0 bridgehead atoms. The number of fused-ring (bicyclic) bond motifs is 1. The van der Waals surface area contributed by atoms with Gasteiger partial charge in [0.1, 0.15) is 6.33 Å². The lowest BCUT2D eigenvalue weighted by Crippen LogP contribution is -2.28. The minimum absolute atomic E-state index is 0.0148. The molecule has 0 saturated carbocycles. The molecular formula is C15H18N8O. The van der Waals surface area contributed by atoms with E-state index in [1.54, 1.807) is 12.5 Å². The first kappa shape index (κ1) is 14.7. The second-order valence-electron chi connectivity index (χ2n) is 5.90. The van der Waals surface area contributed by atoms with Gasteiger partial charge in [-0.05, 0) is 36.1 Å². The summed E-state index contributed by atoms with van der Waals surface area (Å²) in [5.74, 6) is 1.57. The first-order valence-electron chi connectivity index (χ1n) is 7.98. The molecule has 1 atom stereocenters. The van der Waals surface area contributed by atoms with Gasteiger partial charge in [-0.1, -0.05) is 0 Å². The lowest BCUT2D eigenvalue weighted by molar-refractivity contribution is 0.314. The van der Waals surface area contributed by atoms with Crippen LogP contribution in [-0.2, 0) is 0 Å². The van der Waals surface area contributed by atoms with Crippen molar-refractivity contribution in [2.75, 3.05) is 29.9 Å². The van der Waals surface area contributed by atoms with E-state index >= 15 is 0 Å². The molecular weight excluding hydrogens is 308 g/mol. The zero-order valence-corrected chi connectivity index (χ0v) is 13.6. The molecule has 0 spiro atoms. The van der Waals surface area contributed by atoms with Crippen LogP contribution in [0.25, 0.3) is 11.3 Å². The topological polar surface area (TPSA) is 97.0 Å². The summed E-state index contributed by atoms with van der Waals surface area (Å²) < 4.78 is 4.78. The van der Waals surface area contributed by atoms with Crippen molar-refractivity contribution >= 4 is 22.9 Å². The van der Waals surface area contributed by atoms with Crippen LogP contribution in [0, 0.1) is 0 Å². The highest BCUT2D eigenvalue weighted by Gasteiger charge is 2.26. The van der Waals surface area contributed by atoms with E-state index in [1.165, 1.54) is 0 Å². The molecule has 24 heavy (non-hydrogen) atoms. The van der Waals surface area contributed by atoms with Gasteiger partial charge in [0, 0.05) is 26.3 Å². The number of hydrogen-bond donors (Lipinski definition) is 0. The monoisotopic (exact) mass is 326 g/mol. The molecule has 0 amide bonds. The Hall–Kier alpha value is -2.84. The normalized spacial score (nSPS) is 15.8. The molecule has 1 unspecified atom stereocenters. The molecule has 1 fully saturated rings. The van der Waals surface area contributed by atoms with Gasteiger partial charge >= 0.3 is 0 Å². The molecule has 1 aliphatic heterocycles. The molecule has 1 saturated heterocycles. The molecule has 9 heteroatoms. The second kappa shape index (κ2) is 5.99. The van der Waals surface area contributed by atoms with Gasteiger partial charge in [0.25, 0.3) is 0 Å². The van der Waals surface area contributed by atoms with Crippen molar-refractivity contribution in [1.29, 1.82) is 0 Å². The van der Waals surface area contributed by atoms with Crippen LogP contribution in [0.1, 0.15) is 31.5 Å². The van der Waals surface area contributed by atoms with Gasteiger partial charge in [-0.3, -0.25) is 0 Å². The van der Waals surface area contributed by atoms with Crippen molar-refractivity contribution in [2.45, 2.75) is 25.8 Å². The van der Waals surface area contributed by atoms with Crippen LogP contribution < -0.4 is 9.80 Å². The van der Waals surface area contributed by atoms with Gasteiger partial charge in [0.15, 0.2) is 11.6 Å². The highest BCUT2D eigenvalue weighted by atomic mass is 16.6. The zero-order valence-electron chi connectivity index (χ0n) is 13.6. The van der Waals surface area contributed by atoms with Crippen molar-refractivity contribution in [1.82, 2.24) is 30.2 Å². The fourth-order valence-corrected chi connectivity index (χ4v) is 2.93. The van der Waals surface area contributed by atoms with E-state index in [-0.39, 0.29) is 6.04 Å². The van der Waals surface area contributed by atoms with Gasteiger partial charge in [-0.15, -0.1) is 0 Å². The van der Waals surface area contributed by atoms with Crippen LogP contribution in [0.2, 0.25) is 0 Å². The van der Waals surface area contributed by atoms with Crippen LogP contribution in [0.3, 0.4) is 0 Å². The highest BCUT2D eigenvalue weighted by Crippen LogP contribution is 2.32. The van der Waals surface area contributed by atoms with Crippen molar-refractivity contribution < 1.29 is 4.63 Å². The fraction of sp³-hybridized carbons (Fsp3) is 0.467. The lowest BCUT2D eigenvalue weighted by atomic mass is 10.2. The summed E-state index contributed by atoms with van der Waals surface area (Å²) in [7, 11) is 1.98. The maximum absolute atomic E-state index is 4.78. The van der Waals surface area contributed by atoms with E-state index in [2.05, 4.69) is 47.0 Å². The number of rotatable bonds is 4. The average Bonchev–Trinajstić information content (AvgIpc) is 3.31. The van der Waals surface area contributed by atoms with Gasteiger partial charge in [0.05, 0.1) is 11.7 Å². The maximum Gasteiger partial charge on any atom is 0.245 e. The van der Waals surface area contributed by atoms with Crippen LogP contribution in [-0.4, -0.2) is 50.4 Å². The van der Waals surface area contributed by atoms with E-state index in [4.69, 9.17) is 4.63 Å². The third-order valence-corrected chi connectivity index (χ3v) is 4.43. The standard InChI is InChI=1S/C15H18N8O/c1-10(11-5-6-16-9-17-11)22(2)14-15(23-7-3-4-8-23)19-13-12(18-14)20-24-21-13/h5-6,9-10H,3-4,7-8H2,1-2H3. The van der Waals surface area contributed by atoms with Crippen molar-refractivity contribution in [3.05, 3.63) is 24.3 Å². The molecule has 1 aliphatic rings. The Balaban J connectivity index is 1.77. The minimum atomic E-state index is 0.0148. The highest BCUT2D eigenvalue weighted by molar-refractivity contribution is 5.75. The predicted molar refractivity (Wildman–Crippen MR) is 87.7 cm³/mol. The zero-order chi connectivity index (χ0) is 16.5. The minimum Gasteiger partial charge on any atom is -0.353 e. The Bertz CT molecular complexity index is 830. The molecule has 4 heterocycles. The van der Waals surface area contributed by atoms with Crippen molar-refractivity contribution in [3.63, 3.8) is 0 Å². The Morgan fingerprint density at radius 1 is 1.17 bits per heavy atom. The first-order chi connectivity index (χ1) is 11.7. The van der Waals surface area contributed by atoms with Gasteiger partial charge in [-0.25, -0.2) is 24.6 Å². The summed E-state index contributed by atoms with van der Waals surface area (Å²) in [6, 6.07) is 1.92. The molecule has 0 radical (unpaired) electrons. The third kappa shape index (κ3) is 2.51. The molecule has 0 aromatic carbocycles. The summed E-state index contributed by atoms with van der Waals surface area (Å²) in [4.78, 5) is 21.9. The average molecular weight is 326 g/mol. The summed E-state index contributed by atoms with van der Waals surface area (Å²) >= 11 is 0. The number of hydrogen-bond acceptors (Lipinski definition) is 9. The molecule has 3 aromatic rings. The number of anilines is 2. The Morgan fingerprint density at radius 2 is 1.92 bits per heavy atom. The Kier molecular flexibility index (Phi) is 3.68. The molecule has 9 nitrogen and oxygen atoms in total. The van der Waals surface area contributed by atoms with Crippen LogP contribution in [0.5, 0.6) is 0 Å². The molecule has 0 aliphatic carbocycles. The maximum atomic E-state index is 4.78. The lowest BCUT2D eigenvalue weighted by Gasteiger charge is -2.29. The van der Waals surface area contributed by atoms with E-state index in [9.17, 15) is 0 Å². The Labute approximate surface area is 138 Å². The fourth-order valence-electron chi connectivity index (χ4n) is 2.93. The molecule has 0 N–H and O–H groups in total. The molecule has 4 rings (SSSR count). The van der Waals surface area contributed by atoms with E-state index < -0.39 is 0 Å². The smallest absolute Gasteiger partial charge is 0.245 e. The van der Waals surface area contributed by atoms with Gasteiger partial charge in [0.2, 0.25) is 11.3 Å². The van der Waals surface area contributed by atoms with Crippen LogP contribution in [0.4, 0.5) is 11.6 Å². The SMILES string of the molecule is CC(c1ccncn1)N(C)c1nc2nonc2nc1N1CCCC1. The van der Waals surface area contributed by atoms with E-state index in [0.29, 0.717) is 11.3 Å². The number of nitrogens with zero attached hydrogens (tertiary/aromatic N) is 8. The summed E-state index contributed by atoms with van der Waals surface area (Å²) in [6.07, 6.45) is 5.60. The quantitative estimate of drug-likeness (QED) is 0.708. The third-order valence-electron chi connectivity index (χ3n) is 4.43. The molecule has 3 aromatic heterocycles. The first-order valence-corrected chi connectivity index (χ1v) is 7.98. The largest absolute Gasteiger partial charge is 0.353 e. The van der Waals surface area contributed by atoms with Crippen LogP contribution in [0.15, 0.2) is 23.2 Å². The van der Waals surface area contributed by atoms with E-state index in [1.807, 2.05) is 13.1 Å². The van der Waals surface area contributed by atoms with Gasteiger partial charge < -0.3 is 9.80 Å². The number of aromatic nitrogens is 6. The van der Waals surface area contributed by atoms with Gasteiger partial charge in [-0.2, -0.15) is 0 Å². The summed E-state index contributed by atoms with van der Waals surface area (Å²) in [5.41, 5.74) is 1.76. The van der Waals surface area contributed by atoms with Crippen molar-refractivity contribution in [2.24, 2.45) is 0 Å². The molecule has 124 valence electrons. The second-order valence-corrected chi connectivity index (χ2v) is 5.90. The predicted octanol–water partition coefficient (Wildman–Crippen LogP) is 1.60. The van der Waals surface area contributed by atoms with Crippen molar-refractivity contribution in [3.8, 4) is 0 Å². The van der Waals surface area contributed by atoms with Crippen LogP contribution >= 0.6 is 0 Å².